The Balaban J connectivity index is 3.85. The van der Waals surface area contributed by atoms with Crippen molar-refractivity contribution >= 4 is 11.7 Å². The summed E-state index contributed by atoms with van der Waals surface area (Å²) in [6.07, 6.45) is 1.66. The highest BCUT2D eigenvalue weighted by molar-refractivity contribution is 5.81. The van der Waals surface area contributed by atoms with E-state index in [1.165, 1.54) is 0 Å². The smallest absolute Gasteiger partial charge is 0.222 e. The van der Waals surface area contributed by atoms with Gasteiger partial charge < -0.3 is 9.80 Å². The zero-order valence-corrected chi connectivity index (χ0v) is 13.4. The third-order valence-corrected chi connectivity index (χ3v) is 3.55. The van der Waals surface area contributed by atoms with E-state index in [0.717, 1.165) is 13.1 Å². The van der Waals surface area contributed by atoms with Gasteiger partial charge in [0.2, 0.25) is 5.91 Å². The van der Waals surface area contributed by atoms with Crippen molar-refractivity contribution in [2.75, 3.05) is 27.2 Å². The maximum Gasteiger partial charge on any atom is 0.222 e. The Bertz CT molecular complexity index is 288. The highest BCUT2D eigenvalue weighted by Crippen LogP contribution is 2.06. The van der Waals surface area contributed by atoms with Crippen molar-refractivity contribution in [3.05, 3.63) is 0 Å². The molecule has 0 fully saturated rings. The predicted molar refractivity (Wildman–Crippen MR) is 79.1 cm³/mol. The van der Waals surface area contributed by atoms with Crippen LogP contribution in [0.15, 0.2) is 0 Å². The monoisotopic (exact) mass is 270 g/mol. The van der Waals surface area contributed by atoms with Gasteiger partial charge in [-0.3, -0.25) is 9.59 Å². The summed E-state index contributed by atoms with van der Waals surface area (Å²) < 4.78 is 0. The van der Waals surface area contributed by atoms with E-state index in [9.17, 15) is 9.59 Å². The molecule has 0 bridgehead atoms. The Morgan fingerprint density at radius 2 is 1.53 bits per heavy atom. The lowest BCUT2D eigenvalue weighted by atomic mass is 10.0. The average Bonchev–Trinajstić information content (AvgIpc) is 2.34. The fourth-order valence-corrected chi connectivity index (χ4v) is 1.58. The standard InChI is InChI=1S/C15H30N2O2/c1-12(2)14(18)8-7-9-15(19)17(6)11-10-16(5)13(3)4/h12-13H,7-11H2,1-6H3. The van der Waals surface area contributed by atoms with Gasteiger partial charge in [0.15, 0.2) is 0 Å². The third-order valence-electron chi connectivity index (χ3n) is 3.55. The molecule has 0 atom stereocenters. The molecule has 0 aromatic heterocycles. The highest BCUT2D eigenvalue weighted by atomic mass is 16.2. The molecule has 0 saturated carbocycles. The van der Waals surface area contributed by atoms with Gasteiger partial charge in [0.1, 0.15) is 5.78 Å². The third kappa shape index (κ3) is 7.98. The van der Waals surface area contributed by atoms with Crippen molar-refractivity contribution in [3.63, 3.8) is 0 Å². The van der Waals surface area contributed by atoms with E-state index in [2.05, 4.69) is 25.8 Å². The van der Waals surface area contributed by atoms with Crippen molar-refractivity contribution in [3.8, 4) is 0 Å². The summed E-state index contributed by atoms with van der Waals surface area (Å²) in [5, 5.41) is 0. The Labute approximate surface area is 118 Å². The van der Waals surface area contributed by atoms with Crippen molar-refractivity contribution in [1.29, 1.82) is 0 Å². The molecule has 19 heavy (non-hydrogen) atoms. The van der Waals surface area contributed by atoms with Crippen LogP contribution in [0.5, 0.6) is 0 Å². The molecule has 0 radical (unpaired) electrons. The minimum absolute atomic E-state index is 0.0764. The molecule has 0 spiro atoms. The van der Waals surface area contributed by atoms with Crippen LogP contribution in [0.1, 0.15) is 47.0 Å². The van der Waals surface area contributed by atoms with Gasteiger partial charge in [0, 0.05) is 44.9 Å². The second-order valence-corrected chi connectivity index (χ2v) is 5.86. The summed E-state index contributed by atoms with van der Waals surface area (Å²) in [6, 6.07) is 0.493. The molecule has 4 heteroatoms. The minimum Gasteiger partial charge on any atom is -0.344 e. The van der Waals surface area contributed by atoms with Crippen molar-refractivity contribution in [2.45, 2.75) is 53.0 Å². The number of hydrogen-bond donors (Lipinski definition) is 0. The zero-order chi connectivity index (χ0) is 15.0. The molecule has 0 saturated heterocycles. The normalized spacial score (nSPS) is 11.4. The minimum atomic E-state index is 0.0764. The lowest BCUT2D eigenvalue weighted by Gasteiger charge is -2.24. The molecule has 0 aliphatic rings. The zero-order valence-electron chi connectivity index (χ0n) is 13.4. The fourth-order valence-electron chi connectivity index (χ4n) is 1.58. The number of ketones is 1. The molecule has 112 valence electrons. The largest absolute Gasteiger partial charge is 0.344 e. The number of nitrogens with zero attached hydrogens (tertiary/aromatic N) is 2. The Morgan fingerprint density at radius 3 is 2.00 bits per heavy atom. The summed E-state index contributed by atoms with van der Waals surface area (Å²) in [5.74, 6) is 0.455. The molecule has 0 rings (SSSR count). The van der Waals surface area contributed by atoms with Gasteiger partial charge in [-0.2, -0.15) is 0 Å². The lowest BCUT2D eigenvalue weighted by molar-refractivity contribution is -0.130. The van der Waals surface area contributed by atoms with Crippen LogP contribution >= 0.6 is 0 Å². The lowest BCUT2D eigenvalue weighted by Crippen LogP contribution is -2.37. The molecule has 0 aliphatic heterocycles. The fraction of sp³-hybridized carbons (Fsp3) is 0.867. The van der Waals surface area contributed by atoms with Gasteiger partial charge in [-0.05, 0) is 27.3 Å². The van der Waals surface area contributed by atoms with E-state index in [1.807, 2.05) is 20.9 Å². The number of amides is 1. The van der Waals surface area contributed by atoms with Gasteiger partial charge in [-0.15, -0.1) is 0 Å². The second kappa shape index (κ2) is 9.08. The Morgan fingerprint density at radius 1 is 0.947 bits per heavy atom. The molecule has 0 aliphatic carbocycles. The second-order valence-electron chi connectivity index (χ2n) is 5.86. The number of carbonyl (C=O) groups excluding carboxylic acids is 2. The first-order valence-electron chi connectivity index (χ1n) is 7.22. The van der Waals surface area contributed by atoms with E-state index < -0.39 is 0 Å². The quantitative estimate of drug-likeness (QED) is 0.645. The van der Waals surface area contributed by atoms with E-state index in [0.29, 0.717) is 25.3 Å². The van der Waals surface area contributed by atoms with Crippen LogP contribution in [0, 0.1) is 5.92 Å². The van der Waals surface area contributed by atoms with E-state index in [4.69, 9.17) is 0 Å². The highest BCUT2D eigenvalue weighted by Gasteiger charge is 2.12. The van der Waals surface area contributed by atoms with Crippen LogP contribution in [0.2, 0.25) is 0 Å². The van der Waals surface area contributed by atoms with Gasteiger partial charge in [-0.1, -0.05) is 13.8 Å². The summed E-state index contributed by atoms with van der Waals surface area (Å²) in [6.45, 7) is 9.70. The van der Waals surface area contributed by atoms with Gasteiger partial charge in [0.25, 0.3) is 0 Å². The predicted octanol–water partition coefficient (Wildman–Crippen LogP) is 2.18. The van der Waals surface area contributed by atoms with Gasteiger partial charge >= 0.3 is 0 Å². The van der Waals surface area contributed by atoms with Crippen LogP contribution in [-0.2, 0) is 9.59 Å². The van der Waals surface area contributed by atoms with Crippen molar-refractivity contribution in [2.24, 2.45) is 5.92 Å². The Hall–Kier alpha value is -0.900. The molecule has 1 amide bonds. The molecule has 4 nitrogen and oxygen atoms in total. The van der Waals surface area contributed by atoms with E-state index in [1.54, 1.807) is 4.90 Å². The first-order chi connectivity index (χ1) is 8.75. The molecule has 0 aromatic carbocycles. The molecule has 0 aromatic rings. The summed E-state index contributed by atoms with van der Waals surface area (Å²) in [5.41, 5.74) is 0. The van der Waals surface area contributed by atoms with Crippen LogP contribution in [0.3, 0.4) is 0 Å². The molecule has 0 heterocycles. The average molecular weight is 270 g/mol. The first-order valence-corrected chi connectivity index (χ1v) is 7.22. The molecular weight excluding hydrogens is 240 g/mol. The number of Topliss-reactive ketones (excluding diaryl/α,β-unsaturated/α-hetero) is 1. The number of carbonyl (C=O) groups is 2. The summed E-state index contributed by atoms with van der Waals surface area (Å²) >= 11 is 0. The number of hydrogen-bond acceptors (Lipinski definition) is 3. The number of rotatable bonds is 9. The van der Waals surface area contributed by atoms with Crippen LogP contribution in [-0.4, -0.2) is 54.7 Å². The van der Waals surface area contributed by atoms with Crippen molar-refractivity contribution in [1.82, 2.24) is 9.80 Å². The van der Waals surface area contributed by atoms with E-state index in [-0.39, 0.29) is 17.6 Å². The first kappa shape index (κ1) is 18.1. The molecular formula is C15H30N2O2. The van der Waals surface area contributed by atoms with Gasteiger partial charge in [-0.25, -0.2) is 0 Å². The van der Waals surface area contributed by atoms with Gasteiger partial charge in [0.05, 0.1) is 0 Å². The SMILES string of the molecule is CC(C)C(=O)CCCC(=O)N(C)CCN(C)C(C)C. The topological polar surface area (TPSA) is 40.6 Å². The van der Waals surface area contributed by atoms with Crippen LogP contribution in [0.4, 0.5) is 0 Å². The molecule has 0 unspecified atom stereocenters. The van der Waals surface area contributed by atoms with E-state index >= 15 is 0 Å². The molecule has 0 N–H and O–H groups in total. The summed E-state index contributed by atoms with van der Waals surface area (Å²) in [4.78, 5) is 27.3. The number of likely N-dealkylation sites (N-methyl/N-ethyl adjacent to an activating group) is 2. The maximum absolute atomic E-state index is 11.9. The Kier molecular flexibility index (Phi) is 8.65. The van der Waals surface area contributed by atoms with Crippen molar-refractivity contribution < 1.29 is 9.59 Å². The summed E-state index contributed by atoms with van der Waals surface area (Å²) in [7, 11) is 3.89. The maximum atomic E-state index is 11.9. The van der Waals surface area contributed by atoms with Crippen LogP contribution < -0.4 is 0 Å². The van der Waals surface area contributed by atoms with Crippen LogP contribution in [0.25, 0.3) is 0 Å².